The molecule has 20 heavy (non-hydrogen) atoms. The average molecular weight is 288 g/mol. The number of ether oxygens (including phenoxy) is 2. The molecule has 0 radical (unpaired) electrons. The molecule has 2 rings (SSSR count). The number of carbonyl (C=O) groups excluding carboxylic acids is 1. The molecule has 2 aromatic rings. The van der Waals surface area contributed by atoms with Crippen LogP contribution in [-0.4, -0.2) is 19.7 Å². The zero-order valence-corrected chi connectivity index (χ0v) is 12.6. The van der Waals surface area contributed by atoms with Crippen LogP contribution in [0.25, 0.3) is 0 Å². The number of carbonyl (C=O) groups is 1. The third-order valence-electron chi connectivity index (χ3n) is 2.80. The van der Waals surface area contributed by atoms with E-state index in [2.05, 4.69) is 0 Å². The molecule has 0 fully saturated rings. The first-order chi connectivity index (χ1) is 9.72. The maximum absolute atomic E-state index is 11.7. The van der Waals surface area contributed by atoms with Crippen LogP contribution in [-0.2, 0) is 4.74 Å². The first-order valence-corrected chi connectivity index (χ1v) is 7.30. The molecule has 0 N–H and O–H groups in total. The second-order valence-corrected chi connectivity index (χ2v) is 5.60. The molecule has 0 amide bonds. The first kappa shape index (κ1) is 14.7. The summed E-state index contributed by atoms with van der Waals surface area (Å²) in [4.78, 5) is 11.7. The standard InChI is InChI=1S/C16H17O3P/c1-12(17)13-7-3-5-9-15(13)20-16-10-6-4-8-14(16)19-11-18-2/h3-10,20H,11H2,1-2H3. The molecule has 2 aromatic carbocycles. The van der Waals surface area contributed by atoms with E-state index >= 15 is 0 Å². The van der Waals surface area contributed by atoms with Crippen LogP contribution in [0.15, 0.2) is 48.5 Å². The van der Waals surface area contributed by atoms with Crippen LogP contribution in [0.4, 0.5) is 0 Å². The number of rotatable bonds is 6. The van der Waals surface area contributed by atoms with Gasteiger partial charge in [-0.25, -0.2) is 0 Å². The molecular weight excluding hydrogens is 271 g/mol. The van der Waals surface area contributed by atoms with Crippen LogP contribution >= 0.6 is 8.58 Å². The average Bonchev–Trinajstić information content (AvgIpc) is 2.47. The van der Waals surface area contributed by atoms with E-state index in [9.17, 15) is 4.79 Å². The number of para-hydroxylation sites is 1. The lowest BCUT2D eigenvalue weighted by Gasteiger charge is -2.12. The fourth-order valence-electron chi connectivity index (χ4n) is 1.86. The van der Waals surface area contributed by atoms with Gasteiger partial charge < -0.3 is 9.47 Å². The zero-order chi connectivity index (χ0) is 14.4. The summed E-state index contributed by atoms with van der Waals surface area (Å²) >= 11 is 0. The molecule has 0 aliphatic rings. The highest BCUT2D eigenvalue weighted by Crippen LogP contribution is 2.21. The van der Waals surface area contributed by atoms with Gasteiger partial charge in [0.05, 0.1) is 0 Å². The maximum atomic E-state index is 11.7. The molecule has 0 aliphatic carbocycles. The van der Waals surface area contributed by atoms with Crippen molar-refractivity contribution in [1.29, 1.82) is 0 Å². The van der Waals surface area contributed by atoms with E-state index in [4.69, 9.17) is 9.47 Å². The Hall–Kier alpha value is -1.70. The Morgan fingerprint density at radius 2 is 1.70 bits per heavy atom. The van der Waals surface area contributed by atoms with E-state index in [0.29, 0.717) is 8.58 Å². The van der Waals surface area contributed by atoms with Crippen LogP contribution in [0.5, 0.6) is 5.75 Å². The predicted octanol–water partition coefficient (Wildman–Crippen LogP) is 2.50. The molecule has 0 saturated carbocycles. The van der Waals surface area contributed by atoms with Crippen molar-refractivity contribution in [2.24, 2.45) is 0 Å². The van der Waals surface area contributed by atoms with Crippen molar-refractivity contribution in [2.45, 2.75) is 6.92 Å². The van der Waals surface area contributed by atoms with Crippen LogP contribution < -0.4 is 15.3 Å². The minimum atomic E-state index is 0.0865. The summed E-state index contributed by atoms with van der Waals surface area (Å²) in [6.45, 7) is 1.81. The molecule has 0 bridgehead atoms. The Balaban J connectivity index is 2.28. The SMILES string of the molecule is COCOc1ccccc1Pc1ccccc1C(C)=O. The quantitative estimate of drug-likeness (QED) is 0.465. The van der Waals surface area contributed by atoms with E-state index in [1.807, 2.05) is 48.5 Å². The van der Waals surface area contributed by atoms with E-state index in [-0.39, 0.29) is 12.6 Å². The highest BCUT2D eigenvalue weighted by Gasteiger charge is 2.10. The largest absolute Gasteiger partial charge is 0.467 e. The first-order valence-electron chi connectivity index (χ1n) is 6.30. The highest BCUT2D eigenvalue weighted by atomic mass is 31.1. The van der Waals surface area contributed by atoms with Crippen molar-refractivity contribution in [2.75, 3.05) is 13.9 Å². The molecule has 0 spiro atoms. The third kappa shape index (κ3) is 3.66. The third-order valence-corrected chi connectivity index (χ3v) is 4.18. The minimum Gasteiger partial charge on any atom is -0.467 e. The molecule has 1 unspecified atom stereocenters. The molecule has 4 heteroatoms. The summed E-state index contributed by atoms with van der Waals surface area (Å²) in [5.41, 5.74) is 0.771. The number of hydrogen-bond acceptors (Lipinski definition) is 3. The smallest absolute Gasteiger partial charge is 0.188 e. The lowest BCUT2D eigenvalue weighted by molar-refractivity contribution is 0.0519. The summed E-state index contributed by atoms with van der Waals surface area (Å²) in [7, 11) is 1.97. The van der Waals surface area contributed by atoms with Gasteiger partial charge in [0.15, 0.2) is 12.6 Å². The van der Waals surface area contributed by atoms with Gasteiger partial charge in [-0.3, -0.25) is 4.79 Å². The van der Waals surface area contributed by atoms with Crippen molar-refractivity contribution >= 4 is 25.0 Å². The number of hydrogen-bond donors (Lipinski definition) is 0. The van der Waals surface area contributed by atoms with Gasteiger partial charge in [-0.15, -0.1) is 0 Å². The van der Waals surface area contributed by atoms with Crippen molar-refractivity contribution in [1.82, 2.24) is 0 Å². The molecule has 3 nitrogen and oxygen atoms in total. The monoisotopic (exact) mass is 288 g/mol. The van der Waals surface area contributed by atoms with Crippen LogP contribution in [0.3, 0.4) is 0 Å². The molecular formula is C16H17O3P. The molecule has 104 valence electrons. The van der Waals surface area contributed by atoms with Crippen LogP contribution in [0.2, 0.25) is 0 Å². The van der Waals surface area contributed by atoms with Gasteiger partial charge in [0.25, 0.3) is 0 Å². The number of benzene rings is 2. The number of ketones is 1. The Kier molecular flexibility index (Phi) is 5.28. The lowest BCUT2D eigenvalue weighted by Crippen LogP contribution is -2.14. The van der Waals surface area contributed by atoms with Gasteiger partial charge in [-0.2, -0.15) is 0 Å². The van der Waals surface area contributed by atoms with Crippen molar-refractivity contribution in [3.63, 3.8) is 0 Å². The maximum Gasteiger partial charge on any atom is 0.188 e. The Morgan fingerprint density at radius 1 is 1.05 bits per heavy atom. The normalized spacial score (nSPS) is 10.9. The summed E-state index contributed by atoms with van der Waals surface area (Å²) in [5.74, 6) is 0.884. The molecule has 0 saturated heterocycles. The minimum absolute atomic E-state index is 0.0865. The highest BCUT2D eigenvalue weighted by molar-refractivity contribution is 7.56. The van der Waals surface area contributed by atoms with Crippen LogP contribution in [0.1, 0.15) is 17.3 Å². The Morgan fingerprint density at radius 3 is 2.40 bits per heavy atom. The van der Waals surface area contributed by atoms with E-state index in [1.165, 1.54) is 0 Å². The summed E-state index contributed by atoms with van der Waals surface area (Å²) in [6.07, 6.45) is 0. The molecule has 0 aliphatic heterocycles. The van der Waals surface area contributed by atoms with Gasteiger partial charge in [0.1, 0.15) is 5.75 Å². The Labute approximate surface area is 120 Å². The lowest BCUT2D eigenvalue weighted by atomic mass is 10.1. The number of methoxy groups -OCH3 is 1. The molecule has 0 aromatic heterocycles. The van der Waals surface area contributed by atoms with E-state index in [0.717, 1.165) is 21.9 Å². The summed E-state index contributed by atoms with van der Waals surface area (Å²) in [5, 5.41) is 2.10. The predicted molar refractivity (Wildman–Crippen MR) is 83.0 cm³/mol. The summed E-state index contributed by atoms with van der Waals surface area (Å²) < 4.78 is 10.5. The zero-order valence-electron chi connectivity index (χ0n) is 11.6. The molecule has 1 atom stereocenters. The second kappa shape index (κ2) is 7.18. The van der Waals surface area contributed by atoms with Gasteiger partial charge in [-0.05, 0) is 18.3 Å². The van der Waals surface area contributed by atoms with E-state index < -0.39 is 0 Å². The van der Waals surface area contributed by atoms with Gasteiger partial charge in [-0.1, -0.05) is 51.0 Å². The van der Waals surface area contributed by atoms with Crippen molar-refractivity contribution in [3.05, 3.63) is 54.1 Å². The fraction of sp³-hybridized carbons (Fsp3) is 0.188. The van der Waals surface area contributed by atoms with Gasteiger partial charge in [0.2, 0.25) is 0 Å². The van der Waals surface area contributed by atoms with Gasteiger partial charge in [0, 0.05) is 18.0 Å². The van der Waals surface area contributed by atoms with Crippen molar-refractivity contribution < 1.29 is 14.3 Å². The number of Topliss-reactive ketones (excluding diaryl/α,β-unsaturated/α-hetero) is 1. The topological polar surface area (TPSA) is 35.5 Å². The Bertz CT molecular complexity index is 596. The van der Waals surface area contributed by atoms with E-state index in [1.54, 1.807) is 14.0 Å². The summed E-state index contributed by atoms with van der Waals surface area (Å²) in [6, 6.07) is 15.5. The van der Waals surface area contributed by atoms with Crippen LogP contribution in [0, 0.1) is 0 Å². The fourth-order valence-corrected chi connectivity index (χ4v) is 3.18. The second-order valence-electron chi connectivity index (χ2n) is 4.27. The van der Waals surface area contributed by atoms with Gasteiger partial charge >= 0.3 is 0 Å². The van der Waals surface area contributed by atoms with Crippen molar-refractivity contribution in [3.8, 4) is 5.75 Å². The molecule has 0 heterocycles.